The molecule has 0 fully saturated rings. The van der Waals surface area contributed by atoms with Gasteiger partial charge >= 0.3 is 5.76 Å². The number of hydrogen-bond acceptors (Lipinski definition) is 4. The third kappa shape index (κ3) is 2.11. The van der Waals surface area contributed by atoms with E-state index in [9.17, 15) is 9.18 Å². The van der Waals surface area contributed by atoms with Crippen molar-refractivity contribution >= 4 is 16.8 Å². The molecule has 0 saturated heterocycles. The molecule has 0 amide bonds. The zero-order valence-electron chi connectivity index (χ0n) is 10.6. The summed E-state index contributed by atoms with van der Waals surface area (Å²) in [6, 6.07) is 7.26. The molecule has 0 spiro atoms. The Morgan fingerprint density at radius 2 is 2.05 bits per heavy atom. The Balaban J connectivity index is 2.07. The minimum absolute atomic E-state index is 0.295. The summed E-state index contributed by atoms with van der Waals surface area (Å²) in [4.78, 5) is 13.6. The van der Waals surface area contributed by atoms with Crippen LogP contribution in [0.4, 0.5) is 10.1 Å². The maximum absolute atomic E-state index is 13.2. The normalized spacial score (nSPS) is 10.9. The first-order valence-corrected chi connectivity index (χ1v) is 5.89. The summed E-state index contributed by atoms with van der Waals surface area (Å²) >= 11 is 0. The number of nitrogen functional groups attached to an aromatic ring is 1. The number of H-pyrrole nitrogens is 1. The maximum Gasteiger partial charge on any atom is 0.417 e. The second kappa shape index (κ2) is 4.41. The molecule has 0 aliphatic carbocycles. The molecular formula is C14H11FN2O3. The molecule has 1 aromatic heterocycles. The van der Waals surface area contributed by atoms with E-state index in [1.807, 2.05) is 0 Å². The van der Waals surface area contributed by atoms with Crippen LogP contribution >= 0.6 is 0 Å². The maximum atomic E-state index is 13.2. The van der Waals surface area contributed by atoms with Crippen LogP contribution in [0.25, 0.3) is 11.1 Å². The zero-order chi connectivity index (χ0) is 14.3. The average molecular weight is 274 g/mol. The van der Waals surface area contributed by atoms with E-state index in [0.29, 0.717) is 28.3 Å². The van der Waals surface area contributed by atoms with Crippen molar-refractivity contribution in [3.8, 4) is 11.5 Å². The van der Waals surface area contributed by atoms with Crippen LogP contribution in [0, 0.1) is 12.7 Å². The third-order valence-electron chi connectivity index (χ3n) is 2.92. The fourth-order valence-corrected chi connectivity index (χ4v) is 1.88. The molecule has 0 atom stereocenters. The molecular weight excluding hydrogens is 263 g/mol. The number of aromatic amines is 1. The number of ether oxygens (including phenoxy) is 1. The van der Waals surface area contributed by atoms with Crippen LogP contribution in [0.5, 0.6) is 11.5 Å². The highest BCUT2D eigenvalue weighted by molar-refractivity contribution is 5.80. The topological polar surface area (TPSA) is 81.2 Å². The Morgan fingerprint density at radius 3 is 2.85 bits per heavy atom. The van der Waals surface area contributed by atoms with Crippen molar-refractivity contribution in [1.29, 1.82) is 0 Å². The monoisotopic (exact) mass is 274 g/mol. The summed E-state index contributed by atoms with van der Waals surface area (Å²) in [5.41, 5.74) is 7.71. The smallest absolute Gasteiger partial charge is 0.417 e. The second-order valence-electron chi connectivity index (χ2n) is 4.41. The molecule has 6 heteroatoms. The Labute approximate surface area is 112 Å². The molecule has 0 radical (unpaired) electrons. The fraction of sp³-hybridized carbons (Fsp3) is 0.0714. The molecule has 20 heavy (non-hydrogen) atoms. The van der Waals surface area contributed by atoms with Crippen molar-refractivity contribution in [2.75, 3.05) is 5.73 Å². The molecule has 0 aliphatic rings. The summed E-state index contributed by atoms with van der Waals surface area (Å²) in [7, 11) is 0. The van der Waals surface area contributed by atoms with E-state index in [4.69, 9.17) is 14.9 Å². The Hall–Kier alpha value is -2.76. The SMILES string of the molecule is Cc1ccc(F)cc1Oc1cc2[nH]c(=O)oc2cc1N. The molecule has 3 N–H and O–H groups in total. The number of aromatic nitrogens is 1. The van der Waals surface area contributed by atoms with Crippen LogP contribution in [0.3, 0.4) is 0 Å². The van der Waals surface area contributed by atoms with E-state index in [2.05, 4.69) is 4.98 Å². The molecule has 0 aliphatic heterocycles. The minimum Gasteiger partial charge on any atom is -0.455 e. The van der Waals surface area contributed by atoms with Gasteiger partial charge in [0.1, 0.15) is 11.6 Å². The van der Waals surface area contributed by atoms with Gasteiger partial charge in [0.2, 0.25) is 0 Å². The van der Waals surface area contributed by atoms with Crippen molar-refractivity contribution in [1.82, 2.24) is 4.98 Å². The summed E-state index contributed by atoms with van der Waals surface area (Å²) in [6.45, 7) is 1.79. The lowest BCUT2D eigenvalue weighted by Gasteiger charge is -2.10. The summed E-state index contributed by atoms with van der Waals surface area (Å²) in [5.74, 6) is -0.286. The van der Waals surface area contributed by atoms with Crippen LogP contribution < -0.4 is 16.2 Å². The van der Waals surface area contributed by atoms with E-state index < -0.39 is 11.6 Å². The summed E-state index contributed by atoms with van der Waals surface area (Å²) in [5, 5.41) is 0. The van der Waals surface area contributed by atoms with Gasteiger partial charge in [-0.15, -0.1) is 0 Å². The van der Waals surface area contributed by atoms with Crippen LogP contribution in [0.15, 0.2) is 39.5 Å². The van der Waals surface area contributed by atoms with E-state index in [1.165, 1.54) is 18.2 Å². The highest BCUT2D eigenvalue weighted by atomic mass is 19.1. The van der Waals surface area contributed by atoms with Crippen LogP contribution in [0.2, 0.25) is 0 Å². The predicted molar refractivity (Wildman–Crippen MR) is 72.5 cm³/mol. The molecule has 1 heterocycles. The van der Waals surface area contributed by atoms with Crippen LogP contribution in [0.1, 0.15) is 5.56 Å². The van der Waals surface area contributed by atoms with Crippen LogP contribution in [-0.2, 0) is 0 Å². The second-order valence-corrected chi connectivity index (χ2v) is 4.41. The first kappa shape index (κ1) is 12.3. The molecule has 0 unspecified atom stereocenters. The Morgan fingerprint density at radius 1 is 1.25 bits per heavy atom. The number of nitrogens with one attached hydrogen (secondary N) is 1. The van der Waals surface area contributed by atoms with Gasteiger partial charge in [0.05, 0.1) is 11.2 Å². The molecule has 0 bridgehead atoms. The van der Waals surface area contributed by atoms with Crippen molar-refractivity contribution in [3.05, 3.63) is 52.3 Å². The van der Waals surface area contributed by atoms with Crippen LogP contribution in [-0.4, -0.2) is 4.98 Å². The van der Waals surface area contributed by atoms with Gasteiger partial charge in [0, 0.05) is 18.2 Å². The minimum atomic E-state index is -0.571. The number of halogens is 1. The summed E-state index contributed by atoms with van der Waals surface area (Å²) < 4.78 is 23.7. The van der Waals surface area contributed by atoms with E-state index in [0.717, 1.165) is 5.56 Å². The van der Waals surface area contributed by atoms with Gasteiger partial charge in [0.25, 0.3) is 0 Å². The fourth-order valence-electron chi connectivity index (χ4n) is 1.88. The van der Waals surface area contributed by atoms with Gasteiger partial charge in [-0.3, -0.25) is 4.98 Å². The number of anilines is 1. The van der Waals surface area contributed by atoms with Crippen molar-refractivity contribution < 1.29 is 13.5 Å². The first-order chi connectivity index (χ1) is 9.52. The highest BCUT2D eigenvalue weighted by Gasteiger charge is 2.10. The van der Waals surface area contributed by atoms with Gasteiger partial charge in [-0.25, -0.2) is 9.18 Å². The van der Waals surface area contributed by atoms with Gasteiger partial charge < -0.3 is 14.9 Å². The van der Waals surface area contributed by atoms with Crippen molar-refractivity contribution in [3.63, 3.8) is 0 Å². The van der Waals surface area contributed by atoms with E-state index in [1.54, 1.807) is 19.1 Å². The number of benzene rings is 2. The number of rotatable bonds is 2. The standard InChI is InChI=1S/C14H11FN2O3/c1-7-2-3-8(15)4-11(7)19-12-6-10-13(5-9(12)16)20-14(18)17-10/h2-6H,16H2,1H3,(H,17,18). The number of aryl methyl sites for hydroxylation is 1. The lowest BCUT2D eigenvalue weighted by atomic mass is 10.2. The Bertz CT molecular complexity index is 851. The molecule has 5 nitrogen and oxygen atoms in total. The number of hydrogen-bond donors (Lipinski definition) is 2. The highest BCUT2D eigenvalue weighted by Crippen LogP contribution is 2.32. The molecule has 3 aromatic rings. The zero-order valence-corrected chi connectivity index (χ0v) is 10.6. The third-order valence-corrected chi connectivity index (χ3v) is 2.92. The molecule has 3 rings (SSSR count). The number of fused-ring (bicyclic) bond motifs is 1. The lowest BCUT2D eigenvalue weighted by Crippen LogP contribution is -1.95. The molecule has 102 valence electrons. The molecule has 2 aromatic carbocycles. The van der Waals surface area contributed by atoms with E-state index >= 15 is 0 Å². The first-order valence-electron chi connectivity index (χ1n) is 5.89. The quantitative estimate of drug-likeness (QED) is 0.704. The average Bonchev–Trinajstić information content (AvgIpc) is 2.73. The summed E-state index contributed by atoms with van der Waals surface area (Å²) in [6.07, 6.45) is 0. The van der Waals surface area contributed by atoms with Gasteiger partial charge in [-0.2, -0.15) is 0 Å². The largest absolute Gasteiger partial charge is 0.455 e. The van der Waals surface area contributed by atoms with Gasteiger partial charge in [0.15, 0.2) is 11.3 Å². The molecule has 0 saturated carbocycles. The lowest BCUT2D eigenvalue weighted by molar-refractivity contribution is 0.475. The Kier molecular flexibility index (Phi) is 2.71. The van der Waals surface area contributed by atoms with Gasteiger partial charge in [-0.1, -0.05) is 6.07 Å². The predicted octanol–water partition coefficient (Wildman–Crippen LogP) is 2.94. The number of oxazole rings is 1. The van der Waals surface area contributed by atoms with E-state index in [-0.39, 0.29) is 0 Å². The van der Waals surface area contributed by atoms with Crippen molar-refractivity contribution in [2.24, 2.45) is 0 Å². The number of nitrogens with two attached hydrogens (primary N) is 1. The van der Waals surface area contributed by atoms with Crippen molar-refractivity contribution in [2.45, 2.75) is 6.92 Å². The van der Waals surface area contributed by atoms with Gasteiger partial charge in [-0.05, 0) is 18.6 Å².